The van der Waals surface area contributed by atoms with Gasteiger partial charge in [0, 0.05) is 11.6 Å². The van der Waals surface area contributed by atoms with Crippen molar-refractivity contribution in [3.8, 4) is 16.9 Å². The van der Waals surface area contributed by atoms with Gasteiger partial charge in [0.05, 0.1) is 7.11 Å². The Morgan fingerprint density at radius 2 is 1.68 bits per heavy atom. The summed E-state index contributed by atoms with van der Waals surface area (Å²) in [5, 5.41) is 0. The molecule has 28 heavy (non-hydrogen) atoms. The molecule has 1 nitrogen and oxygen atoms in total. The van der Waals surface area contributed by atoms with Crippen LogP contribution in [0.4, 0.5) is 4.39 Å². The molecule has 0 amide bonds. The van der Waals surface area contributed by atoms with Crippen LogP contribution in [0.1, 0.15) is 56.9 Å². The predicted octanol–water partition coefficient (Wildman–Crippen LogP) is 7.38. The quantitative estimate of drug-likeness (QED) is 0.504. The second-order valence-corrected chi connectivity index (χ2v) is 8.60. The standard InChI is InChI=1S/C26H31FO/c1-3-4-18-5-6-23-16-22(12-11-21(23)15-18)19-7-9-20(10-8-19)25-14-13-24(28-2)17-26(25)27/h3-4,7-10,13-14,17-18,21-23H,5-6,11-12,15-16H2,1-2H3/b4-3+. The summed E-state index contributed by atoms with van der Waals surface area (Å²) in [6, 6.07) is 13.7. The van der Waals surface area contributed by atoms with Crippen LogP contribution >= 0.6 is 0 Å². The van der Waals surface area contributed by atoms with Gasteiger partial charge in [0.15, 0.2) is 0 Å². The molecule has 148 valence electrons. The zero-order valence-electron chi connectivity index (χ0n) is 17.0. The number of ether oxygens (including phenoxy) is 1. The highest BCUT2D eigenvalue weighted by molar-refractivity contribution is 5.65. The maximum Gasteiger partial charge on any atom is 0.134 e. The van der Waals surface area contributed by atoms with Crippen LogP contribution in [0.3, 0.4) is 0 Å². The topological polar surface area (TPSA) is 9.23 Å². The van der Waals surface area contributed by atoms with E-state index in [-0.39, 0.29) is 5.82 Å². The lowest BCUT2D eigenvalue weighted by Gasteiger charge is -2.41. The minimum atomic E-state index is -0.231. The third-order valence-corrected chi connectivity index (χ3v) is 6.99. The minimum absolute atomic E-state index is 0.231. The molecule has 4 rings (SSSR count). The molecule has 0 bridgehead atoms. The van der Waals surface area contributed by atoms with Crippen molar-refractivity contribution in [3.63, 3.8) is 0 Å². The van der Waals surface area contributed by atoms with E-state index in [9.17, 15) is 4.39 Å². The molecular weight excluding hydrogens is 347 g/mol. The largest absolute Gasteiger partial charge is 0.497 e. The van der Waals surface area contributed by atoms with Crippen LogP contribution in [0.25, 0.3) is 11.1 Å². The zero-order chi connectivity index (χ0) is 19.5. The lowest BCUT2D eigenvalue weighted by molar-refractivity contribution is 0.133. The number of fused-ring (bicyclic) bond motifs is 1. The summed E-state index contributed by atoms with van der Waals surface area (Å²) in [5.41, 5.74) is 2.99. The van der Waals surface area contributed by atoms with Gasteiger partial charge in [-0.2, -0.15) is 0 Å². The normalized spacial score (nSPS) is 27.5. The summed E-state index contributed by atoms with van der Waals surface area (Å²) in [6.07, 6.45) is 12.7. The van der Waals surface area contributed by atoms with Crippen molar-refractivity contribution >= 4 is 0 Å². The monoisotopic (exact) mass is 378 g/mol. The molecule has 4 unspecified atom stereocenters. The highest BCUT2D eigenvalue weighted by Crippen LogP contribution is 2.48. The average Bonchev–Trinajstić information content (AvgIpc) is 2.73. The Labute approximate surface area is 168 Å². The third-order valence-electron chi connectivity index (χ3n) is 6.99. The fourth-order valence-electron chi connectivity index (χ4n) is 5.47. The van der Waals surface area contributed by atoms with Crippen molar-refractivity contribution < 1.29 is 9.13 Å². The van der Waals surface area contributed by atoms with Gasteiger partial charge in [0.2, 0.25) is 0 Å². The Kier molecular flexibility index (Phi) is 5.85. The first kappa shape index (κ1) is 19.2. The van der Waals surface area contributed by atoms with Crippen LogP contribution in [0.2, 0.25) is 0 Å². The number of hydrogen-bond acceptors (Lipinski definition) is 1. The van der Waals surface area contributed by atoms with Crippen LogP contribution in [-0.2, 0) is 0 Å². The van der Waals surface area contributed by atoms with E-state index in [0.717, 1.165) is 23.3 Å². The van der Waals surface area contributed by atoms with Gasteiger partial charge in [-0.15, -0.1) is 0 Å². The fourth-order valence-corrected chi connectivity index (χ4v) is 5.47. The Balaban J connectivity index is 1.44. The summed E-state index contributed by atoms with van der Waals surface area (Å²) < 4.78 is 19.5. The number of hydrogen-bond donors (Lipinski definition) is 0. The fraction of sp³-hybridized carbons (Fsp3) is 0.462. The highest BCUT2D eigenvalue weighted by Gasteiger charge is 2.35. The van der Waals surface area contributed by atoms with Gasteiger partial charge < -0.3 is 4.74 Å². The smallest absolute Gasteiger partial charge is 0.134 e. The Bertz CT molecular complexity index is 823. The molecule has 2 aliphatic rings. The maximum atomic E-state index is 14.4. The minimum Gasteiger partial charge on any atom is -0.497 e. The van der Waals surface area contributed by atoms with Crippen LogP contribution in [0.15, 0.2) is 54.6 Å². The van der Waals surface area contributed by atoms with Crippen molar-refractivity contribution in [2.45, 2.75) is 51.4 Å². The number of rotatable bonds is 4. The van der Waals surface area contributed by atoms with Gasteiger partial charge in [0.25, 0.3) is 0 Å². The van der Waals surface area contributed by atoms with Gasteiger partial charge in [-0.25, -0.2) is 4.39 Å². The number of benzene rings is 2. The average molecular weight is 379 g/mol. The number of methoxy groups -OCH3 is 1. The third kappa shape index (κ3) is 4.01. The summed E-state index contributed by atoms with van der Waals surface area (Å²) in [7, 11) is 1.56. The first-order valence-electron chi connectivity index (χ1n) is 10.7. The molecule has 2 fully saturated rings. The van der Waals surface area contributed by atoms with Gasteiger partial charge >= 0.3 is 0 Å². The molecule has 2 heteroatoms. The maximum absolute atomic E-state index is 14.4. The Hall–Kier alpha value is -2.09. The highest BCUT2D eigenvalue weighted by atomic mass is 19.1. The Morgan fingerprint density at radius 3 is 2.39 bits per heavy atom. The molecule has 0 saturated heterocycles. The molecule has 0 N–H and O–H groups in total. The second-order valence-electron chi connectivity index (χ2n) is 8.60. The summed E-state index contributed by atoms with van der Waals surface area (Å²) >= 11 is 0. The molecule has 2 saturated carbocycles. The summed E-state index contributed by atoms with van der Waals surface area (Å²) in [6.45, 7) is 2.14. The van der Waals surface area contributed by atoms with E-state index in [1.54, 1.807) is 13.2 Å². The zero-order valence-corrected chi connectivity index (χ0v) is 17.0. The lowest BCUT2D eigenvalue weighted by Crippen LogP contribution is -2.30. The molecular formula is C26H31FO. The van der Waals surface area contributed by atoms with Gasteiger partial charge in [-0.1, -0.05) is 36.4 Å². The predicted molar refractivity (Wildman–Crippen MR) is 114 cm³/mol. The van der Waals surface area contributed by atoms with Crippen molar-refractivity contribution in [2.24, 2.45) is 17.8 Å². The van der Waals surface area contributed by atoms with Gasteiger partial charge in [-0.3, -0.25) is 0 Å². The van der Waals surface area contributed by atoms with E-state index in [1.165, 1.54) is 50.2 Å². The number of halogens is 1. The molecule has 0 spiro atoms. The van der Waals surface area contributed by atoms with Crippen LogP contribution < -0.4 is 4.74 Å². The van der Waals surface area contributed by atoms with Crippen molar-refractivity contribution in [1.29, 1.82) is 0 Å². The second kappa shape index (κ2) is 8.51. The van der Waals surface area contributed by atoms with Gasteiger partial charge in [0.1, 0.15) is 11.6 Å². The molecule has 2 aliphatic carbocycles. The summed E-state index contributed by atoms with van der Waals surface area (Å²) in [5.74, 6) is 3.60. The van der Waals surface area contributed by atoms with E-state index in [2.05, 4.69) is 43.3 Å². The van der Waals surface area contributed by atoms with Crippen molar-refractivity contribution in [1.82, 2.24) is 0 Å². The molecule has 2 aromatic rings. The van der Waals surface area contributed by atoms with Crippen LogP contribution in [-0.4, -0.2) is 7.11 Å². The SMILES string of the molecule is C/C=C/C1CCC2CC(c3ccc(-c4ccc(OC)cc4F)cc3)CCC2C1. The lowest BCUT2D eigenvalue weighted by atomic mass is 9.64. The van der Waals surface area contributed by atoms with E-state index >= 15 is 0 Å². The van der Waals surface area contributed by atoms with Gasteiger partial charge in [-0.05, 0) is 92.4 Å². The van der Waals surface area contributed by atoms with E-state index in [1.807, 2.05) is 6.07 Å². The summed E-state index contributed by atoms with van der Waals surface area (Å²) in [4.78, 5) is 0. The van der Waals surface area contributed by atoms with Crippen LogP contribution in [0, 0.1) is 23.6 Å². The van der Waals surface area contributed by atoms with E-state index in [4.69, 9.17) is 4.74 Å². The first-order chi connectivity index (χ1) is 13.7. The van der Waals surface area contributed by atoms with Crippen molar-refractivity contribution in [3.05, 3.63) is 66.0 Å². The number of allylic oxidation sites excluding steroid dienone is 2. The molecule has 0 heterocycles. The van der Waals surface area contributed by atoms with Crippen molar-refractivity contribution in [2.75, 3.05) is 7.11 Å². The first-order valence-corrected chi connectivity index (χ1v) is 10.7. The molecule has 0 aliphatic heterocycles. The molecule has 0 radical (unpaired) electrons. The molecule has 0 aromatic heterocycles. The van der Waals surface area contributed by atoms with Crippen LogP contribution in [0.5, 0.6) is 5.75 Å². The molecule has 4 atom stereocenters. The van der Waals surface area contributed by atoms with E-state index in [0.29, 0.717) is 17.2 Å². The Morgan fingerprint density at radius 1 is 0.929 bits per heavy atom. The molecule has 2 aromatic carbocycles. The van der Waals surface area contributed by atoms with E-state index < -0.39 is 0 Å².